The molecule has 0 saturated carbocycles. The van der Waals surface area contributed by atoms with Crippen molar-refractivity contribution >= 4 is 18.3 Å². The number of hydrogen-bond acceptors (Lipinski definition) is 3. The van der Waals surface area contributed by atoms with Crippen molar-refractivity contribution < 1.29 is 4.79 Å². The van der Waals surface area contributed by atoms with Crippen molar-refractivity contribution in [3.63, 3.8) is 0 Å². The Morgan fingerprint density at radius 3 is 2.38 bits per heavy atom. The minimum Gasteiger partial charge on any atom is -0.351 e. The second kappa shape index (κ2) is 7.81. The summed E-state index contributed by atoms with van der Waals surface area (Å²) in [5.74, 6) is -0.0554. The number of carbonyl (C=O) groups excluding carboxylic acids is 1. The largest absolute Gasteiger partial charge is 0.351 e. The average Bonchev–Trinajstić information content (AvgIpc) is 2.78. The molecule has 0 bridgehead atoms. The van der Waals surface area contributed by atoms with E-state index < -0.39 is 0 Å². The van der Waals surface area contributed by atoms with Gasteiger partial charge in [-0.1, -0.05) is 0 Å². The van der Waals surface area contributed by atoms with Crippen LogP contribution in [0.25, 0.3) is 5.69 Å². The topological polar surface area (TPSA) is 58.9 Å². The van der Waals surface area contributed by atoms with Crippen molar-refractivity contribution in [2.45, 2.75) is 13.8 Å². The van der Waals surface area contributed by atoms with E-state index >= 15 is 0 Å². The number of likely N-dealkylation sites (N-methyl/N-ethyl adjacent to an activating group) is 1. The van der Waals surface area contributed by atoms with Crippen LogP contribution >= 0.6 is 12.4 Å². The van der Waals surface area contributed by atoms with Gasteiger partial charge in [-0.2, -0.15) is 5.10 Å². The summed E-state index contributed by atoms with van der Waals surface area (Å²) in [5, 5.41) is 10.3. The van der Waals surface area contributed by atoms with E-state index in [1.165, 1.54) is 0 Å². The van der Waals surface area contributed by atoms with E-state index in [4.69, 9.17) is 0 Å². The molecule has 2 aromatic rings. The standard InChI is InChI=1S/C15H20N4O.ClH/c1-11-10-12(2)19(18-11)14-6-4-13(5-7-14)15(20)17-9-8-16-3;/h4-7,10,16H,8-9H2,1-3H3,(H,17,20);1H. The molecular weight excluding hydrogens is 288 g/mol. The molecule has 1 heterocycles. The molecule has 0 aliphatic heterocycles. The molecule has 1 amide bonds. The second-order valence-corrected chi connectivity index (χ2v) is 4.75. The van der Waals surface area contributed by atoms with Crippen molar-refractivity contribution in [3.8, 4) is 5.69 Å². The van der Waals surface area contributed by atoms with Crippen LogP contribution in [0.3, 0.4) is 0 Å². The van der Waals surface area contributed by atoms with Crippen LogP contribution in [0.5, 0.6) is 0 Å². The number of aromatic nitrogens is 2. The molecule has 2 rings (SSSR count). The molecule has 0 aliphatic rings. The molecule has 0 unspecified atom stereocenters. The number of nitrogens with one attached hydrogen (secondary N) is 2. The summed E-state index contributed by atoms with van der Waals surface area (Å²) in [6.45, 7) is 5.36. The van der Waals surface area contributed by atoms with Gasteiger partial charge in [0.1, 0.15) is 0 Å². The third-order valence-corrected chi connectivity index (χ3v) is 3.04. The Labute approximate surface area is 131 Å². The summed E-state index contributed by atoms with van der Waals surface area (Å²) in [6, 6.07) is 9.48. The lowest BCUT2D eigenvalue weighted by Crippen LogP contribution is -2.30. The molecule has 6 heteroatoms. The van der Waals surface area contributed by atoms with Crippen LogP contribution < -0.4 is 10.6 Å². The minimum atomic E-state index is -0.0554. The normalized spacial score (nSPS) is 10.0. The molecule has 0 aliphatic carbocycles. The summed E-state index contributed by atoms with van der Waals surface area (Å²) >= 11 is 0. The van der Waals surface area contributed by atoms with E-state index in [0.29, 0.717) is 12.1 Å². The fraction of sp³-hybridized carbons (Fsp3) is 0.333. The Morgan fingerprint density at radius 1 is 1.19 bits per heavy atom. The molecule has 5 nitrogen and oxygen atoms in total. The van der Waals surface area contributed by atoms with Crippen LogP contribution in [-0.2, 0) is 0 Å². The SMILES string of the molecule is CNCCNC(=O)c1ccc(-n2nc(C)cc2C)cc1.Cl. The lowest BCUT2D eigenvalue weighted by Gasteiger charge is -2.07. The van der Waals surface area contributed by atoms with E-state index in [1.807, 2.05) is 55.9 Å². The third-order valence-electron chi connectivity index (χ3n) is 3.04. The molecule has 0 fully saturated rings. The van der Waals surface area contributed by atoms with E-state index in [1.54, 1.807) is 0 Å². The smallest absolute Gasteiger partial charge is 0.251 e. The average molecular weight is 309 g/mol. The zero-order chi connectivity index (χ0) is 14.5. The number of carbonyl (C=O) groups is 1. The van der Waals surface area contributed by atoms with Crippen molar-refractivity contribution in [1.29, 1.82) is 0 Å². The maximum Gasteiger partial charge on any atom is 0.251 e. The Kier molecular flexibility index (Phi) is 6.39. The first kappa shape index (κ1) is 17.2. The molecule has 0 saturated heterocycles. The van der Waals surface area contributed by atoms with Crippen LogP contribution in [0.1, 0.15) is 21.7 Å². The Hall–Kier alpha value is -1.85. The van der Waals surface area contributed by atoms with Crippen LogP contribution in [0.4, 0.5) is 0 Å². The number of amides is 1. The highest BCUT2D eigenvalue weighted by Gasteiger charge is 2.07. The van der Waals surface area contributed by atoms with Gasteiger partial charge < -0.3 is 10.6 Å². The molecule has 2 N–H and O–H groups in total. The maximum atomic E-state index is 11.9. The molecule has 1 aromatic carbocycles. The maximum absolute atomic E-state index is 11.9. The van der Waals surface area contributed by atoms with Gasteiger partial charge in [-0.15, -0.1) is 12.4 Å². The molecule has 0 radical (unpaired) electrons. The number of rotatable bonds is 5. The quantitative estimate of drug-likeness (QED) is 0.829. The first-order valence-corrected chi connectivity index (χ1v) is 6.68. The fourth-order valence-corrected chi connectivity index (χ4v) is 2.05. The summed E-state index contributed by atoms with van der Waals surface area (Å²) in [5.41, 5.74) is 3.68. The Balaban J connectivity index is 0.00000220. The molecule has 21 heavy (non-hydrogen) atoms. The van der Waals surface area contributed by atoms with E-state index in [2.05, 4.69) is 15.7 Å². The van der Waals surface area contributed by atoms with Crippen LogP contribution in [0, 0.1) is 13.8 Å². The number of halogens is 1. The van der Waals surface area contributed by atoms with Gasteiger partial charge >= 0.3 is 0 Å². The van der Waals surface area contributed by atoms with Gasteiger partial charge in [0.2, 0.25) is 0 Å². The van der Waals surface area contributed by atoms with E-state index in [9.17, 15) is 4.79 Å². The zero-order valence-electron chi connectivity index (χ0n) is 12.5. The summed E-state index contributed by atoms with van der Waals surface area (Å²) in [6.07, 6.45) is 0. The monoisotopic (exact) mass is 308 g/mol. The molecule has 0 atom stereocenters. The zero-order valence-corrected chi connectivity index (χ0v) is 13.3. The van der Waals surface area contributed by atoms with Crippen LogP contribution in [-0.4, -0.2) is 35.8 Å². The van der Waals surface area contributed by atoms with Gasteiger partial charge in [0.15, 0.2) is 0 Å². The van der Waals surface area contributed by atoms with Crippen LogP contribution in [0.2, 0.25) is 0 Å². The van der Waals surface area contributed by atoms with Gasteiger partial charge in [-0.05, 0) is 51.2 Å². The van der Waals surface area contributed by atoms with Gasteiger partial charge in [-0.3, -0.25) is 4.79 Å². The number of benzene rings is 1. The molecule has 1 aromatic heterocycles. The lowest BCUT2D eigenvalue weighted by atomic mass is 10.2. The highest BCUT2D eigenvalue weighted by molar-refractivity contribution is 5.94. The predicted octanol–water partition coefficient (Wildman–Crippen LogP) is 1.86. The van der Waals surface area contributed by atoms with Crippen molar-refractivity contribution in [3.05, 3.63) is 47.3 Å². The predicted molar refractivity (Wildman–Crippen MR) is 86.5 cm³/mol. The number of nitrogens with zero attached hydrogens (tertiary/aromatic N) is 2. The first-order chi connectivity index (χ1) is 9.61. The van der Waals surface area contributed by atoms with Gasteiger partial charge in [0.25, 0.3) is 5.91 Å². The summed E-state index contributed by atoms with van der Waals surface area (Å²) in [7, 11) is 1.86. The van der Waals surface area contributed by atoms with E-state index in [0.717, 1.165) is 23.6 Å². The highest BCUT2D eigenvalue weighted by atomic mass is 35.5. The molecule has 114 valence electrons. The number of aryl methyl sites for hydroxylation is 2. The van der Waals surface area contributed by atoms with Crippen molar-refractivity contribution in [2.75, 3.05) is 20.1 Å². The highest BCUT2D eigenvalue weighted by Crippen LogP contribution is 2.13. The fourth-order valence-electron chi connectivity index (χ4n) is 2.05. The second-order valence-electron chi connectivity index (χ2n) is 4.75. The summed E-state index contributed by atoms with van der Waals surface area (Å²) in [4.78, 5) is 11.9. The van der Waals surface area contributed by atoms with Crippen LogP contribution in [0.15, 0.2) is 30.3 Å². The number of hydrogen-bond donors (Lipinski definition) is 2. The van der Waals surface area contributed by atoms with Crippen molar-refractivity contribution in [2.24, 2.45) is 0 Å². The Morgan fingerprint density at radius 2 is 1.86 bits per heavy atom. The molecule has 0 spiro atoms. The first-order valence-electron chi connectivity index (χ1n) is 6.68. The Bertz CT molecular complexity index is 592. The van der Waals surface area contributed by atoms with Gasteiger partial charge in [0.05, 0.1) is 11.4 Å². The summed E-state index contributed by atoms with van der Waals surface area (Å²) < 4.78 is 1.87. The van der Waals surface area contributed by atoms with Gasteiger partial charge in [0, 0.05) is 24.3 Å². The van der Waals surface area contributed by atoms with Gasteiger partial charge in [-0.25, -0.2) is 4.68 Å². The minimum absolute atomic E-state index is 0. The van der Waals surface area contributed by atoms with E-state index in [-0.39, 0.29) is 18.3 Å². The lowest BCUT2D eigenvalue weighted by molar-refractivity contribution is 0.0954. The third kappa shape index (κ3) is 4.31. The molecular formula is C15H21ClN4O. The van der Waals surface area contributed by atoms with Crippen molar-refractivity contribution in [1.82, 2.24) is 20.4 Å².